The summed E-state index contributed by atoms with van der Waals surface area (Å²) in [6.45, 7) is 5.97. The number of piperidine rings is 1. The van der Waals surface area contributed by atoms with Gasteiger partial charge in [0.05, 0.1) is 4.90 Å². The van der Waals surface area contributed by atoms with E-state index in [1.807, 2.05) is 6.92 Å². The molecule has 0 radical (unpaired) electrons. The summed E-state index contributed by atoms with van der Waals surface area (Å²) in [7, 11) is -6.90. The molecule has 24 heavy (non-hydrogen) atoms. The van der Waals surface area contributed by atoms with Crippen molar-refractivity contribution < 1.29 is 16.8 Å². The molecule has 1 aliphatic heterocycles. The second kappa shape index (κ2) is 7.77. The summed E-state index contributed by atoms with van der Waals surface area (Å²) in [6.07, 6.45) is 3.33. The fourth-order valence-corrected chi connectivity index (χ4v) is 4.99. The highest BCUT2D eigenvalue weighted by Crippen LogP contribution is 2.25. The van der Waals surface area contributed by atoms with Gasteiger partial charge in [-0.1, -0.05) is 25.1 Å². The molecule has 1 aromatic carbocycles. The highest BCUT2D eigenvalue weighted by atomic mass is 32.2. The first-order valence-electron chi connectivity index (χ1n) is 7.99. The maximum Gasteiger partial charge on any atom is 0.243 e. The summed E-state index contributed by atoms with van der Waals surface area (Å²) in [5.41, 5.74) is 0.868. The van der Waals surface area contributed by atoms with Gasteiger partial charge in [0.25, 0.3) is 0 Å². The summed E-state index contributed by atoms with van der Waals surface area (Å²) < 4.78 is 51.9. The Balaban J connectivity index is 2.04. The Morgan fingerprint density at radius 2 is 1.88 bits per heavy atom. The second-order valence-electron chi connectivity index (χ2n) is 5.96. The van der Waals surface area contributed by atoms with Crippen LogP contribution in [0.1, 0.15) is 31.7 Å². The van der Waals surface area contributed by atoms with Crippen LogP contribution in [-0.4, -0.2) is 40.3 Å². The quantitative estimate of drug-likeness (QED) is 0.792. The Hall–Kier alpha value is -1.22. The first-order chi connectivity index (χ1) is 11.3. The zero-order valence-corrected chi connectivity index (χ0v) is 15.4. The number of nitrogens with one attached hydrogen (secondary N) is 1. The van der Waals surface area contributed by atoms with Crippen LogP contribution >= 0.6 is 0 Å². The molecule has 1 atom stereocenters. The van der Waals surface area contributed by atoms with Gasteiger partial charge in [0.15, 0.2) is 0 Å². The molecule has 8 heteroatoms. The zero-order valence-electron chi connectivity index (χ0n) is 13.8. The predicted octanol–water partition coefficient (Wildman–Crippen LogP) is 1.86. The van der Waals surface area contributed by atoms with Gasteiger partial charge in [0, 0.05) is 24.5 Å². The lowest BCUT2D eigenvalue weighted by Crippen LogP contribution is -2.41. The van der Waals surface area contributed by atoms with Crippen LogP contribution in [0.4, 0.5) is 0 Å². The molecule has 1 N–H and O–H groups in total. The minimum Gasteiger partial charge on any atom is -0.211 e. The minimum absolute atomic E-state index is 0.0248. The lowest BCUT2D eigenvalue weighted by Gasteiger charge is -2.32. The van der Waals surface area contributed by atoms with Gasteiger partial charge >= 0.3 is 0 Å². The van der Waals surface area contributed by atoms with Crippen molar-refractivity contribution in [1.29, 1.82) is 0 Å². The van der Waals surface area contributed by atoms with Crippen LogP contribution in [0.25, 0.3) is 0 Å². The molecular weight excluding hydrogens is 348 g/mol. The van der Waals surface area contributed by atoms with Gasteiger partial charge in [0.1, 0.15) is 0 Å². The predicted molar refractivity (Wildman–Crippen MR) is 94.5 cm³/mol. The van der Waals surface area contributed by atoms with Crippen molar-refractivity contribution >= 4 is 20.0 Å². The smallest absolute Gasteiger partial charge is 0.211 e. The Morgan fingerprint density at radius 3 is 2.46 bits per heavy atom. The molecule has 6 nitrogen and oxygen atoms in total. The van der Waals surface area contributed by atoms with E-state index in [-0.39, 0.29) is 17.5 Å². The number of benzene rings is 1. The topological polar surface area (TPSA) is 83.5 Å². The summed E-state index contributed by atoms with van der Waals surface area (Å²) in [5.74, 6) is 0. The summed E-state index contributed by atoms with van der Waals surface area (Å²) >= 11 is 0. The monoisotopic (exact) mass is 372 g/mol. The van der Waals surface area contributed by atoms with Gasteiger partial charge in [-0.2, -0.15) is 4.31 Å². The maximum absolute atomic E-state index is 12.7. The molecule has 1 heterocycles. The van der Waals surface area contributed by atoms with Crippen molar-refractivity contribution in [1.82, 2.24) is 9.03 Å². The number of rotatable bonds is 7. The van der Waals surface area contributed by atoms with Crippen LogP contribution in [0.3, 0.4) is 0 Å². The molecule has 0 aliphatic carbocycles. The molecule has 0 spiro atoms. The number of sulfonamides is 2. The van der Waals surface area contributed by atoms with E-state index in [4.69, 9.17) is 0 Å². The summed E-state index contributed by atoms with van der Waals surface area (Å²) in [5, 5.41) is 0.864. The zero-order chi connectivity index (χ0) is 17.8. The van der Waals surface area contributed by atoms with E-state index in [0.717, 1.165) is 30.2 Å². The Bertz CT molecular complexity index is 771. The largest absolute Gasteiger partial charge is 0.243 e. The average molecular weight is 373 g/mol. The van der Waals surface area contributed by atoms with E-state index in [2.05, 4.69) is 11.3 Å². The fourth-order valence-electron chi connectivity index (χ4n) is 2.79. The van der Waals surface area contributed by atoms with Gasteiger partial charge in [-0.15, -0.1) is 0 Å². The Kier molecular flexibility index (Phi) is 6.19. The third-order valence-electron chi connectivity index (χ3n) is 4.21. The molecule has 134 valence electrons. The maximum atomic E-state index is 12.7. The van der Waals surface area contributed by atoms with Gasteiger partial charge in [0.2, 0.25) is 20.0 Å². The molecule has 0 aromatic heterocycles. The number of nitrogens with zero attached hydrogens (tertiary/aromatic N) is 1. The van der Waals surface area contributed by atoms with Crippen molar-refractivity contribution in [3.05, 3.63) is 41.8 Å². The van der Waals surface area contributed by atoms with Crippen LogP contribution < -0.4 is 4.72 Å². The van der Waals surface area contributed by atoms with E-state index in [0.29, 0.717) is 13.0 Å². The van der Waals surface area contributed by atoms with Gasteiger partial charge in [-0.05, 0) is 43.9 Å². The highest BCUT2D eigenvalue weighted by Gasteiger charge is 2.30. The van der Waals surface area contributed by atoms with Crippen molar-refractivity contribution in [2.45, 2.75) is 43.5 Å². The van der Waals surface area contributed by atoms with Gasteiger partial charge in [-0.3, -0.25) is 0 Å². The third-order valence-corrected chi connectivity index (χ3v) is 7.28. The Labute approximate surface area is 144 Å². The van der Waals surface area contributed by atoms with Gasteiger partial charge < -0.3 is 0 Å². The lowest BCUT2D eigenvalue weighted by atomic mass is 10.1. The van der Waals surface area contributed by atoms with Crippen LogP contribution in [0.15, 0.2) is 41.1 Å². The molecule has 2 rings (SSSR count). The summed E-state index contributed by atoms with van der Waals surface area (Å²) in [6, 6.07) is 6.66. The lowest BCUT2D eigenvalue weighted by molar-refractivity contribution is 0.268. The Morgan fingerprint density at radius 1 is 1.21 bits per heavy atom. The molecule has 1 unspecified atom stereocenters. The molecule has 1 aromatic rings. The molecule has 1 saturated heterocycles. The van der Waals surface area contributed by atoms with E-state index >= 15 is 0 Å². The van der Waals surface area contributed by atoms with Crippen LogP contribution in [0, 0.1) is 0 Å². The van der Waals surface area contributed by atoms with Crippen LogP contribution in [0.2, 0.25) is 0 Å². The molecule has 0 bridgehead atoms. The van der Waals surface area contributed by atoms with Crippen LogP contribution in [0.5, 0.6) is 0 Å². The van der Waals surface area contributed by atoms with Crippen molar-refractivity contribution in [2.24, 2.45) is 0 Å². The van der Waals surface area contributed by atoms with E-state index in [1.54, 1.807) is 28.6 Å². The standard InChI is InChI=1S/C16H24N2O4S2/c1-3-23(19,20)17-12-11-15-7-9-16(10-8-15)24(21,22)18-13-5-4-6-14(18)2/h3,7-10,14,17H,1,4-6,11-13H2,2H3. The highest BCUT2D eigenvalue weighted by molar-refractivity contribution is 7.92. The van der Waals surface area contributed by atoms with E-state index in [1.165, 1.54) is 0 Å². The fraction of sp³-hybridized carbons (Fsp3) is 0.500. The van der Waals surface area contributed by atoms with Crippen molar-refractivity contribution in [2.75, 3.05) is 13.1 Å². The molecule has 0 saturated carbocycles. The van der Waals surface area contributed by atoms with Gasteiger partial charge in [-0.25, -0.2) is 21.6 Å². The average Bonchev–Trinajstić information content (AvgIpc) is 2.55. The number of hydrogen-bond donors (Lipinski definition) is 1. The molecular formula is C16H24N2O4S2. The minimum atomic E-state index is -3.47. The first kappa shape index (κ1) is 19.1. The van der Waals surface area contributed by atoms with Crippen molar-refractivity contribution in [3.8, 4) is 0 Å². The van der Waals surface area contributed by atoms with Crippen molar-refractivity contribution in [3.63, 3.8) is 0 Å². The molecule has 1 aliphatic rings. The SMILES string of the molecule is C=CS(=O)(=O)NCCc1ccc(S(=O)(=O)N2CCCCC2C)cc1. The third kappa shape index (κ3) is 4.66. The normalized spacial score (nSPS) is 20.0. The van der Waals surface area contributed by atoms with E-state index in [9.17, 15) is 16.8 Å². The molecule has 0 amide bonds. The first-order valence-corrected chi connectivity index (χ1v) is 11.0. The number of hydrogen-bond acceptors (Lipinski definition) is 4. The molecule has 1 fully saturated rings. The van der Waals surface area contributed by atoms with Crippen LogP contribution in [-0.2, 0) is 26.5 Å². The second-order valence-corrected chi connectivity index (χ2v) is 9.56. The summed E-state index contributed by atoms with van der Waals surface area (Å²) in [4.78, 5) is 0.284. The van der Waals surface area contributed by atoms with E-state index < -0.39 is 20.0 Å².